The maximum Gasteiger partial charge on any atom is 0.137 e. The molecule has 6 nitrogen and oxygen atoms in total. The molecule has 2 aromatic rings. The van der Waals surface area contributed by atoms with Crippen molar-refractivity contribution in [2.45, 2.75) is 6.54 Å². The van der Waals surface area contributed by atoms with Gasteiger partial charge in [0.2, 0.25) is 0 Å². The summed E-state index contributed by atoms with van der Waals surface area (Å²) in [6.45, 7) is 4.96. The second kappa shape index (κ2) is 7.28. The van der Waals surface area contributed by atoms with Gasteiger partial charge in [-0.2, -0.15) is 0 Å². The van der Waals surface area contributed by atoms with Gasteiger partial charge in [0.05, 0.1) is 37.4 Å². The first kappa shape index (κ1) is 15.6. The van der Waals surface area contributed by atoms with Gasteiger partial charge >= 0.3 is 0 Å². The van der Waals surface area contributed by atoms with E-state index in [4.69, 9.17) is 4.74 Å². The molecule has 3 rings (SSSR count). The van der Waals surface area contributed by atoms with Gasteiger partial charge in [-0.25, -0.2) is 4.98 Å². The monoisotopic (exact) mass is 313 g/mol. The number of rotatable bonds is 5. The number of aromatic nitrogens is 2. The second-order valence-electron chi connectivity index (χ2n) is 5.73. The lowest BCUT2D eigenvalue weighted by molar-refractivity contribution is 0.313. The van der Waals surface area contributed by atoms with E-state index in [-0.39, 0.29) is 0 Å². The molecule has 122 valence electrons. The van der Waals surface area contributed by atoms with Crippen LogP contribution in [0.25, 0.3) is 0 Å². The summed E-state index contributed by atoms with van der Waals surface area (Å²) in [5, 5.41) is 3.29. The standard InChI is InChI=1S/C17H23N5O/c1-21-7-9-22(10-8-21)15-4-6-17(20-12-15)19-11-14-3-5-16(23-2)13-18-14/h3-6,12-13H,7-11H2,1-2H3,(H,19,20). The molecule has 0 unspecified atom stereocenters. The van der Waals surface area contributed by atoms with E-state index in [1.54, 1.807) is 13.3 Å². The van der Waals surface area contributed by atoms with Gasteiger partial charge in [0.15, 0.2) is 0 Å². The highest BCUT2D eigenvalue weighted by atomic mass is 16.5. The Kier molecular flexibility index (Phi) is 4.92. The normalized spacial score (nSPS) is 15.5. The van der Waals surface area contributed by atoms with Crippen LogP contribution >= 0.6 is 0 Å². The average Bonchev–Trinajstić information content (AvgIpc) is 2.61. The largest absolute Gasteiger partial charge is 0.495 e. The van der Waals surface area contributed by atoms with Gasteiger partial charge in [-0.15, -0.1) is 0 Å². The third-order valence-electron chi connectivity index (χ3n) is 4.10. The SMILES string of the molecule is COc1ccc(CNc2ccc(N3CCN(C)CC3)cn2)nc1. The topological polar surface area (TPSA) is 53.5 Å². The van der Waals surface area contributed by atoms with E-state index in [2.05, 4.69) is 38.2 Å². The Bertz CT molecular complexity index is 606. The molecule has 1 aliphatic rings. The van der Waals surface area contributed by atoms with Gasteiger partial charge in [-0.05, 0) is 31.3 Å². The van der Waals surface area contributed by atoms with Crippen molar-refractivity contribution in [1.29, 1.82) is 0 Å². The van der Waals surface area contributed by atoms with Crippen molar-refractivity contribution in [2.24, 2.45) is 0 Å². The number of hydrogen-bond donors (Lipinski definition) is 1. The minimum atomic E-state index is 0.644. The molecule has 0 atom stereocenters. The molecule has 0 bridgehead atoms. The predicted molar refractivity (Wildman–Crippen MR) is 92.1 cm³/mol. The van der Waals surface area contributed by atoms with E-state index in [0.29, 0.717) is 6.54 Å². The van der Waals surface area contributed by atoms with Crippen LogP contribution in [0.15, 0.2) is 36.7 Å². The molecule has 1 N–H and O–H groups in total. The maximum atomic E-state index is 5.11. The van der Waals surface area contributed by atoms with Gasteiger partial charge in [0.25, 0.3) is 0 Å². The number of pyridine rings is 2. The summed E-state index contributed by atoms with van der Waals surface area (Å²) in [4.78, 5) is 13.6. The number of likely N-dealkylation sites (N-methyl/N-ethyl adjacent to an activating group) is 1. The molecule has 0 spiro atoms. The fourth-order valence-electron chi connectivity index (χ4n) is 2.56. The number of nitrogens with one attached hydrogen (secondary N) is 1. The summed E-state index contributed by atoms with van der Waals surface area (Å²) in [5.74, 6) is 1.63. The molecule has 1 aliphatic heterocycles. The van der Waals surface area contributed by atoms with Crippen LogP contribution in [-0.2, 0) is 6.54 Å². The molecule has 3 heterocycles. The fourth-order valence-corrected chi connectivity index (χ4v) is 2.56. The minimum absolute atomic E-state index is 0.644. The van der Waals surface area contributed by atoms with Crippen LogP contribution in [0.3, 0.4) is 0 Å². The number of methoxy groups -OCH3 is 1. The third kappa shape index (κ3) is 4.10. The van der Waals surface area contributed by atoms with E-state index >= 15 is 0 Å². The molecule has 23 heavy (non-hydrogen) atoms. The van der Waals surface area contributed by atoms with Crippen molar-refractivity contribution in [3.05, 3.63) is 42.4 Å². The zero-order valence-electron chi connectivity index (χ0n) is 13.7. The first-order valence-electron chi connectivity index (χ1n) is 7.87. The summed E-state index contributed by atoms with van der Waals surface area (Å²) in [5.41, 5.74) is 2.14. The Labute approximate surface area is 137 Å². The Hall–Kier alpha value is -2.34. The number of nitrogens with zero attached hydrogens (tertiary/aromatic N) is 4. The van der Waals surface area contributed by atoms with E-state index in [0.717, 1.165) is 43.4 Å². The van der Waals surface area contributed by atoms with Crippen LogP contribution < -0.4 is 15.0 Å². The van der Waals surface area contributed by atoms with E-state index < -0.39 is 0 Å². The summed E-state index contributed by atoms with van der Waals surface area (Å²) in [6, 6.07) is 8.01. The molecule has 0 amide bonds. The lowest BCUT2D eigenvalue weighted by Gasteiger charge is -2.33. The molecule has 1 fully saturated rings. The molecule has 0 radical (unpaired) electrons. The first-order valence-corrected chi connectivity index (χ1v) is 7.87. The van der Waals surface area contributed by atoms with E-state index in [1.165, 1.54) is 5.69 Å². The number of ether oxygens (including phenoxy) is 1. The summed E-state index contributed by atoms with van der Waals surface area (Å²) in [6.07, 6.45) is 3.66. The summed E-state index contributed by atoms with van der Waals surface area (Å²) < 4.78 is 5.11. The quantitative estimate of drug-likeness (QED) is 0.909. The number of piperazine rings is 1. The third-order valence-corrected chi connectivity index (χ3v) is 4.10. The molecular formula is C17H23N5O. The van der Waals surface area contributed by atoms with E-state index in [1.807, 2.05) is 24.4 Å². The Morgan fingerprint density at radius 2 is 1.87 bits per heavy atom. The predicted octanol–water partition coefficient (Wildman–Crippen LogP) is 1.85. The number of anilines is 2. The zero-order valence-corrected chi connectivity index (χ0v) is 13.7. The van der Waals surface area contributed by atoms with Crippen LogP contribution in [0.5, 0.6) is 5.75 Å². The van der Waals surface area contributed by atoms with Gasteiger partial charge in [0.1, 0.15) is 11.6 Å². The highest BCUT2D eigenvalue weighted by Crippen LogP contribution is 2.17. The van der Waals surface area contributed by atoms with Crippen molar-refractivity contribution in [1.82, 2.24) is 14.9 Å². The summed E-state index contributed by atoms with van der Waals surface area (Å²) in [7, 11) is 3.80. The summed E-state index contributed by atoms with van der Waals surface area (Å²) >= 11 is 0. The molecular weight excluding hydrogens is 290 g/mol. The van der Waals surface area contributed by atoms with Crippen LogP contribution in [0.2, 0.25) is 0 Å². The van der Waals surface area contributed by atoms with Crippen LogP contribution in [-0.4, -0.2) is 55.2 Å². The van der Waals surface area contributed by atoms with Crippen molar-refractivity contribution in [3.8, 4) is 5.75 Å². The Morgan fingerprint density at radius 1 is 1.04 bits per heavy atom. The highest BCUT2D eigenvalue weighted by molar-refractivity contribution is 5.49. The molecule has 0 aromatic carbocycles. The lowest BCUT2D eigenvalue weighted by atomic mass is 10.3. The first-order chi connectivity index (χ1) is 11.2. The van der Waals surface area contributed by atoms with Gasteiger partial charge < -0.3 is 19.9 Å². The van der Waals surface area contributed by atoms with Crippen LogP contribution in [0.1, 0.15) is 5.69 Å². The maximum absolute atomic E-state index is 5.11. The molecule has 6 heteroatoms. The zero-order chi connectivity index (χ0) is 16.1. The average molecular weight is 313 g/mol. The number of hydrogen-bond acceptors (Lipinski definition) is 6. The minimum Gasteiger partial charge on any atom is -0.495 e. The van der Waals surface area contributed by atoms with Crippen LogP contribution in [0, 0.1) is 0 Å². The van der Waals surface area contributed by atoms with Gasteiger partial charge in [0, 0.05) is 26.2 Å². The molecule has 1 saturated heterocycles. The van der Waals surface area contributed by atoms with Crippen molar-refractivity contribution >= 4 is 11.5 Å². The molecule has 0 aliphatic carbocycles. The van der Waals surface area contributed by atoms with Gasteiger partial charge in [-0.3, -0.25) is 4.98 Å². The Morgan fingerprint density at radius 3 is 2.48 bits per heavy atom. The molecule has 2 aromatic heterocycles. The molecule has 0 saturated carbocycles. The Balaban J connectivity index is 1.54. The smallest absolute Gasteiger partial charge is 0.137 e. The van der Waals surface area contributed by atoms with Crippen LogP contribution in [0.4, 0.5) is 11.5 Å². The fraction of sp³-hybridized carbons (Fsp3) is 0.412. The highest BCUT2D eigenvalue weighted by Gasteiger charge is 2.14. The van der Waals surface area contributed by atoms with Crippen molar-refractivity contribution in [3.63, 3.8) is 0 Å². The lowest BCUT2D eigenvalue weighted by Crippen LogP contribution is -2.44. The van der Waals surface area contributed by atoms with Crippen molar-refractivity contribution in [2.75, 3.05) is 50.6 Å². The van der Waals surface area contributed by atoms with E-state index in [9.17, 15) is 0 Å². The second-order valence-corrected chi connectivity index (χ2v) is 5.73. The van der Waals surface area contributed by atoms with Crippen molar-refractivity contribution < 1.29 is 4.74 Å². The van der Waals surface area contributed by atoms with Gasteiger partial charge in [-0.1, -0.05) is 0 Å².